The Kier molecular flexibility index (Phi) is 6.02. The number of para-hydroxylation sites is 1. The molecule has 0 radical (unpaired) electrons. The molecule has 0 bridgehead atoms. The van der Waals surface area contributed by atoms with E-state index in [0.717, 1.165) is 11.9 Å². The average Bonchev–Trinajstić information content (AvgIpc) is 2.82. The number of hydrogen-bond acceptors (Lipinski definition) is 6. The van der Waals surface area contributed by atoms with Crippen LogP contribution in [-0.4, -0.2) is 32.3 Å². The Morgan fingerprint density at radius 3 is 2.12 bits per heavy atom. The zero-order chi connectivity index (χ0) is 23.6. The van der Waals surface area contributed by atoms with E-state index < -0.39 is 15.8 Å². The molecule has 0 aliphatic carbocycles. The predicted octanol–water partition coefficient (Wildman–Crippen LogP) is 3.98. The molecular weight excluding hydrogens is 440 g/mol. The lowest BCUT2D eigenvalue weighted by molar-refractivity contribution is 0.0589. The molecular formula is C25H22N2O5S. The maximum absolute atomic E-state index is 13.4. The molecule has 0 saturated heterocycles. The number of aromatic nitrogens is 1. The zero-order valence-corrected chi connectivity index (χ0v) is 18.9. The van der Waals surface area contributed by atoms with Crippen LogP contribution in [0.2, 0.25) is 0 Å². The van der Waals surface area contributed by atoms with Gasteiger partial charge in [-0.2, -0.15) is 0 Å². The molecule has 168 valence electrons. The highest BCUT2D eigenvalue weighted by Crippen LogP contribution is 2.29. The van der Waals surface area contributed by atoms with Crippen LogP contribution in [0.3, 0.4) is 0 Å². The largest absolute Gasteiger partial charge is 0.464 e. The van der Waals surface area contributed by atoms with Crippen LogP contribution < -0.4 is 10.9 Å². The summed E-state index contributed by atoms with van der Waals surface area (Å²) in [6.45, 7) is 0.0572. The lowest BCUT2D eigenvalue weighted by Gasteiger charge is -2.19. The molecule has 8 heteroatoms. The van der Waals surface area contributed by atoms with Gasteiger partial charge < -0.3 is 10.1 Å². The first kappa shape index (κ1) is 22.3. The lowest BCUT2D eigenvalue weighted by Crippen LogP contribution is -2.29. The number of nitrogens with zero attached hydrogens (tertiary/aromatic N) is 1. The number of hydrogen-bond donors (Lipinski definition) is 1. The molecule has 1 heterocycles. The van der Waals surface area contributed by atoms with Crippen molar-refractivity contribution in [1.29, 1.82) is 0 Å². The standard InChI is InChI=1S/C25H22N2O5S/c1-32-25(29)23-22(26-18-8-4-3-5-9-18)20-10-6-7-11-21(20)24(28)27(23)16-17-12-14-19(15-13-17)33(2,30)31/h3-15,26H,16H2,1-2H3. The topological polar surface area (TPSA) is 94.5 Å². The van der Waals surface area contributed by atoms with Gasteiger partial charge in [0, 0.05) is 22.7 Å². The molecule has 0 aliphatic heterocycles. The van der Waals surface area contributed by atoms with Crippen molar-refractivity contribution in [3.05, 3.63) is 100 Å². The third kappa shape index (κ3) is 4.51. The first-order chi connectivity index (χ1) is 15.8. The van der Waals surface area contributed by atoms with Crippen molar-refractivity contribution < 1.29 is 17.9 Å². The minimum atomic E-state index is -3.35. The molecule has 7 nitrogen and oxygen atoms in total. The quantitative estimate of drug-likeness (QED) is 0.436. The van der Waals surface area contributed by atoms with Crippen molar-refractivity contribution in [1.82, 2.24) is 4.57 Å². The van der Waals surface area contributed by atoms with Gasteiger partial charge in [-0.1, -0.05) is 48.5 Å². The molecule has 0 atom stereocenters. The van der Waals surface area contributed by atoms with Crippen molar-refractivity contribution in [3.63, 3.8) is 0 Å². The maximum Gasteiger partial charge on any atom is 0.357 e. The van der Waals surface area contributed by atoms with Gasteiger partial charge in [0.15, 0.2) is 15.5 Å². The Bertz CT molecular complexity index is 1490. The van der Waals surface area contributed by atoms with E-state index in [4.69, 9.17) is 4.74 Å². The molecule has 0 amide bonds. The number of ether oxygens (including phenoxy) is 1. The van der Waals surface area contributed by atoms with Crippen molar-refractivity contribution in [2.45, 2.75) is 11.4 Å². The number of carbonyl (C=O) groups is 1. The van der Waals surface area contributed by atoms with E-state index in [1.165, 1.54) is 23.8 Å². The number of benzene rings is 3. The summed E-state index contributed by atoms with van der Waals surface area (Å²) in [7, 11) is -2.09. The zero-order valence-electron chi connectivity index (χ0n) is 18.1. The molecule has 4 aromatic rings. The molecule has 0 unspecified atom stereocenters. The van der Waals surface area contributed by atoms with E-state index in [0.29, 0.717) is 22.0 Å². The van der Waals surface area contributed by atoms with Gasteiger partial charge in [-0.05, 0) is 35.9 Å². The predicted molar refractivity (Wildman–Crippen MR) is 128 cm³/mol. The molecule has 1 aromatic heterocycles. The Labute approximate surface area is 191 Å². The van der Waals surface area contributed by atoms with Crippen LogP contribution in [0.1, 0.15) is 16.1 Å². The van der Waals surface area contributed by atoms with Gasteiger partial charge in [0.05, 0.1) is 24.2 Å². The second-order valence-electron chi connectivity index (χ2n) is 7.56. The highest BCUT2D eigenvalue weighted by atomic mass is 32.2. The number of rotatable bonds is 6. The van der Waals surface area contributed by atoms with Gasteiger partial charge in [-0.15, -0.1) is 0 Å². The molecule has 4 rings (SSSR count). The molecule has 0 spiro atoms. The fourth-order valence-electron chi connectivity index (χ4n) is 3.67. The Morgan fingerprint density at radius 2 is 1.52 bits per heavy atom. The van der Waals surface area contributed by atoms with E-state index in [-0.39, 0.29) is 22.7 Å². The van der Waals surface area contributed by atoms with Crippen molar-refractivity contribution >= 4 is 38.0 Å². The Hall–Kier alpha value is -3.91. The van der Waals surface area contributed by atoms with Crippen LogP contribution in [0.25, 0.3) is 10.8 Å². The van der Waals surface area contributed by atoms with Crippen molar-refractivity contribution in [3.8, 4) is 0 Å². The first-order valence-corrected chi connectivity index (χ1v) is 12.0. The highest BCUT2D eigenvalue weighted by Gasteiger charge is 2.23. The van der Waals surface area contributed by atoms with Crippen LogP contribution in [-0.2, 0) is 21.1 Å². The number of pyridine rings is 1. The van der Waals surface area contributed by atoms with Crippen LogP contribution in [0.15, 0.2) is 88.6 Å². The van der Waals surface area contributed by atoms with Gasteiger partial charge in [-0.25, -0.2) is 13.2 Å². The molecule has 33 heavy (non-hydrogen) atoms. The summed E-state index contributed by atoms with van der Waals surface area (Å²) >= 11 is 0. The number of nitrogens with one attached hydrogen (secondary N) is 1. The summed E-state index contributed by atoms with van der Waals surface area (Å²) < 4.78 is 30.0. The van der Waals surface area contributed by atoms with Crippen LogP contribution in [0.5, 0.6) is 0 Å². The van der Waals surface area contributed by atoms with Gasteiger partial charge in [0.2, 0.25) is 0 Å². The Balaban J connectivity index is 1.94. The van der Waals surface area contributed by atoms with E-state index >= 15 is 0 Å². The third-order valence-corrected chi connectivity index (χ3v) is 6.42. The third-order valence-electron chi connectivity index (χ3n) is 5.29. The normalized spacial score (nSPS) is 11.3. The summed E-state index contributed by atoms with van der Waals surface area (Å²) in [6.07, 6.45) is 1.13. The van der Waals surface area contributed by atoms with Crippen LogP contribution in [0, 0.1) is 0 Å². The fourth-order valence-corrected chi connectivity index (χ4v) is 4.30. The minimum absolute atomic E-state index is 0.0572. The fraction of sp³-hybridized carbons (Fsp3) is 0.120. The van der Waals surface area contributed by atoms with Gasteiger partial charge in [0.1, 0.15) is 0 Å². The number of carbonyl (C=O) groups excluding carboxylic acids is 1. The number of anilines is 2. The summed E-state index contributed by atoms with van der Waals surface area (Å²) in [6, 6.07) is 22.6. The summed E-state index contributed by atoms with van der Waals surface area (Å²) in [4.78, 5) is 26.5. The lowest BCUT2D eigenvalue weighted by atomic mass is 10.1. The second-order valence-corrected chi connectivity index (χ2v) is 9.57. The minimum Gasteiger partial charge on any atom is -0.464 e. The molecule has 0 saturated carbocycles. The summed E-state index contributed by atoms with van der Waals surface area (Å²) in [5.74, 6) is -0.663. The van der Waals surface area contributed by atoms with Crippen molar-refractivity contribution in [2.24, 2.45) is 0 Å². The van der Waals surface area contributed by atoms with Gasteiger partial charge >= 0.3 is 5.97 Å². The van der Waals surface area contributed by atoms with E-state index in [2.05, 4.69) is 5.32 Å². The van der Waals surface area contributed by atoms with E-state index in [1.54, 1.807) is 36.4 Å². The summed E-state index contributed by atoms with van der Waals surface area (Å²) in [5.41, 5.74) is 1.59. The second kappa shape index (κ2) is 8.91. The van der Waals surface area contributed by atoms with Gasteiger partial charge in [-0.3, -0.25) is 9.36 Å². The smallest absolute Gasteiger partial charge is 0.357 e. The van der Waals surface area contributed by atoms with Crippen molar-refractivity contribution in [2.75, 3.05) is 18.7 Å². The number of sulfone groups is 1. The maximum atomic E-state index is 13.4. The number of fused-ring (bicyclic) bond motifs is 1. The first-order valence-electron chi connectivity index (χ1n) is 10.1. The number of esters is 1. The van der Waals surface area contributed by atoms with Crippen LogP contribution in [0.4, 0.5) is 11.4 Å². The summed E-state index contributed by atoms with van der Waals surface area (Å²) in [5, 5.41) is 4.31. The number of methoxy groups -OCH3 is 1. The SMILES string of the molecule is COC(=O)c1c(Nc2ccccc2)c2ccccc2c(=O)n1Cc1ccc(S(C)(=O)=O)cc1. The van der Waals surface area contributed by atoms with Gasteiger partial charge in [0.25, 0.3) is 5.56 Å². The highest BCUT2D eigenvalue weighted by molar-refractivity contribution is 7.90. The van der Waals surface area contributed by atoms with E-state index in [1.807, 2.05) is 30.3 Å². The molecule has 0 fully saturated rings. The molecule has 1 N–H and O–H groups in total. The monoisotopic (exact) mass is 462 g/mol. The molecule has 0 aliphatic rings. The van der Waals surface area contributed by atoms with E-state index in [9.17, 15) is 18.0 Å². The average molecular weight is 463 g/mol. The Morgan fingerprint density at radius 1 is 0.909 bits per heavy atom. The van der Waals surface area contributed by atoms with Crippen LogP contribution >= 0.6 is 0 Å². The molecule has 3 aromatic carbocycles.